The molecule has 32 heavy (non-hydrogen) atoms. The number of fused-ring (bicyclic) bond motifs is 1. The standard InChI is InChI=1S/C24H28ClN3O4/c1-30-16-4-5-20-17(10-16)18(13-26-20)15-6-8-28(9-7-15)14-24(29)27-21-12-22(31-2)19(25)11-23(21)32-3/h4-5,10-13,15,26H,6-9,14H2,1-3H3,(H,27,29). The number of nitrogens with one attached hydrogen (secondary N) is 2. The number of amides is 1. The summed E-state index contributed by atoms with van der Waals surface area (Å²) in [5.41, 5.74) is 2.98. The minimum Gasteiger partial charge on any atom is -0.497 e. The molecule has 2 N–H and O–H groups in total. The van der Waals surface area contributed by atoms with Gasteiger partial charge in [0.1, 0.15) is 17.2 Å². The van der Waals surface area contributed by atoms with E-state index in [-0.39, 0.29) is 5.91 Å². The van der Waals surface area contributed by atoms with Crippen LogP contribution in [-0.2, 0) is 4.79 Å². The molecule has 1 aromatic heterocycles. The van der Waals surface area contributed by atoms with Crippen LogP contribution in [0.15, 0.2) is 36.5 Å². The summed E-state index contributed by atoms with van der Waals surface area (Å²) < 4.78 is 16.0. The number of likely N-dealkylation sites (tertiary alicyclic amines) is 1. The first-order chi connectivity index (χ1) is 15.5. The first-order valence-corrected chi connectivity index (χ1v) is 11.0. The van der Waals surface area contributed by atoms with Crippen LogP contribution in [0.5, 0.6) is 17.2 Å². The normalized spacial score (nSPS) is 15.0. The Balaban J connectivity index is 1.37. The lowest BCUT2D eigenvalue weighted by atomic mass is 9.89. The molecular formula is C24H28ClN3O4. The Morgan fingerprint density at radius 3 is 2.53 bits per heavy atom. The van der Waals surface area contributed by atoms with Gasteiger partial charge in [0, 0.05) is 29.2 Å². The molecule has 170 valence electrons. The summed E-state index contributed by atoms with van der Waals surface area (Å²) in [7, 11) is 4.76. The molecule has 2 heterocycles. The average molecular weight is 458 g/mol. The number of hydrogen-bond acceptors (Lipinski definition) is 5. The van der Waals surface area contributed by atoms with Gasteiger partial charge in [-0.2, -0.15) is 0 Å². The van der Waals surface area contributed by atoms with Gasteiger partial charge >= 0.3 is 0 Å². The highest BCUT2D eigenvalue weighted by Crippen LogP contribution is 2.36. The molecule has 1 aliphatic rings. The van der Waals surface area contributed by atoms with Gasteiger partial charge in [0.15, 0.2) is 0 Å². The Bertz CT molecular complexity index is 1110. The second-order valence-electron chi connectivity index (χ2n) is 7.94. The minimum absolute atomic E-state index is 0.0945. The van der Waals surface area contributed by atoms with Crippen LogP contribution >= 0.6 is 11.6 Å². The smallest absolute Gasteiger partial charge is 0.238 e. The van der Waals surface area contributed by atoms with Crippen molar-refractivity contribution in [1.29, 1.82) is 0 Å². The van der Waals surface area contributed by atoms with Crippen molar-refractivity contribution in [3.8, 4) is 17.2 Å². The summed E-state index contributed by atoms with van der Waals surface area (Å²) in [6, 6.07) is 9.43. The molecule has 3 aromatic rings. The van der Waals surface area contributed by atoms with Crippen LogP contribution in [0.1, 0.15) is 24.3 Å². The summed E-state index contributed by atoms with van der Waals surface area (Å²) in [6.07, 6.45) is 4.10. The third kappa shape index (κ3) is 4.64. The van der Waals surface area contributed by atoms with Crippen molar-refractivity contribution >= 4 is 34.1 Å². The van der Waals surface area contributed by atoms with Crippen molar-refractivity contribution in [3.05, 3.63) is 47.1 Å². The molecule has 0 spiro atoms. The van der Waals surface area contributed by atoms with E-state index in [0.717, 1.165) is 37.2 Å². The van der Waals surface area contributed by atoms with Crippen LogP contribution in [-0.4, -0.2) is 56.8 Å². The van der Waals surface area contributed by atoms with Crippen molar-refractivity contribution in [1.82, 2.24) is 9.88 Å². The third-order valence-corrected chi connectivity index (χ3v) is 6.36. The van der Waals surface area contributed by atoms with Gasteiger partial charge in [-0.1, -0.05) is 11.6 Å². The van der Waals surface area contributed by atoms with E-state index in [9.17, 15) is 4.79 Å². The molecule has 8 heteroatoms. The van der Waals surface area contributed by atoms with Gasteiger partial charge in [-0.25, -0.2) is 0 Å². The van der Waals surface area contributed by atoms with Crippen LogP contribution in [0.25, 0.3) is 10.9 Å². The molecular weight excluding hydrogens is 430 g/mol. The van der Waals surface area contributed by atoms with Gasteiger partial charge in [0.05, 0.1) is 38.6 Å². The highest BCUT2D eigenvalue weighted by atomic mass is 35.5. The predicted molar refractivity (Wildman–Crippen MR) is 126 cm³/mol. The lowest BCUT2D eigenvalue weighted by Gasteiger charge is -2.31. The van der Waals surface area contributed by atoms with E-state index in [2.05, 4.69) is 33.5 Å². The molecule has 4 rings (SSSR count). The van der Waals surface area contributed by atoms with E-state index in [0.29, 0.717) is 34.7 Å². The van der Waals surface area contributed by atoms with E-state index >= 15 is 0 Å². The molecule has 0 bridgehead atoms. The zero-order valence-electron chi connectivity index (χ0n) is 18.5. The molecule has 1 amide bonds. The van der Waals surface area contributed by atoms with E-state index in [4.69, 9.17) is 25.8 Å². The summed E-state index contributed by atoms with van der Waals surface area (Å²) >= 11 is 6.15. The highest BCUT2D eigenvalue weighted by molar-refractivity contribution is 6.32. The lowest BCUT2D eigenvalue weighted by molar-refractivity contribution is -0.117. The van der Waals surface area contributed by atoms with E-state index in [1.165, 1.54) is 18.1 Å². The maximum Gasteiger partial charge on any atom is 0.238 e. The number of aromatic amines is 1. The van der Waals surface area contributed by atoms with Gasteiger partial charge in [0.25, 0.3) is 0 Å². The van der Waals surface area contributed by atoms with Crippen molar-refractivity contribution in [3.63, 3.8) is 0 Å². The molecule has 1 saturated heterocycles. The molecule has 0 aliphatic carbocycles. The number of carbonyl (C=O) groups is 1. The van der Waals surface area contributed by atoms with Gasteiger partial charge in [0.2, 0.25) is 5.91 Å². The van der Waals surface area contributed by atoms with E-state index in [1.807, 2.05) is 6.07 Å². The van der Waals surface area contributed by atoms with E-state index < -0.39 is 0 Å². The molecule has 2 aromatic carbocycles. The molecule has 1 aliphatic heterocycles. The first kappa shape index (κ1) is 22.3. The highest BCUT2D eigenvalue weighted by Gasteiger charge is 2.24. The summed E-state index contributed by atoms with van der Waals surface area (Å²) in [6.45, 7) is 2.04. The SMILES string of the molecule is COc1ccc2[nH]cc(C3CCN(CC(=O)Nc4cc(OC)c(Cl)cc4OC)CC3)c2c1. The Morgan fingerprint density at radius 2 is 1.84 bits per heavy atom. The topological polar surface area (TPSA) is 75.8 Å². The number of ether oxygens (including phenoxy) is 3. The number of piperidine rings is 1. The van der Waals surface area contributed by atoms with Crippen LogP contribution in [0.2, 0.25) is 5.02 Å². The number of nitrogens with zero attached hydrogens (tertiary/aromatic N) is 1. The van der Waals surface area contributed by atoms with Crippen molar-refractivity contribution in [2.24, 2.45) is 0 Å². The largest absolute Gasteiger partial charge is 0.497 e. The monoisotopic (exact) mass is 457 g/mol. The fourth-order valence-corrected chi connectivity index (χ4v) is 4.57. The number of carbonyl (C=O) groups excluding carboxylic acids is 1. The number of H-pyrrole nitrogens is 1. The van der Waals surface area contributed by atoms with Crippen LogP contribution in [0, 0.1) is 0 Å². The Labute approximate surface area is 192 Å². The molecule has 0 unspecified atom stereocenters. The second-order valence-corrected chi connectivity index (χ2v) is 8.35. The van der Waals surface area contributed by atoms with Crippen LogP contribution < -0.4 is 19.5 Å². The number of halogens is 1. The zero-order valence-corrected chi connectivity index (χ0v) is 19.3. The second kappa shape index (κ2) is 9.71. The predicted octanol–water partition coefficient (Wildman–Crippen LogP) is 4.67. The number of rotatable bonds is 7. The van der Waals surface area contributed by atoms with Gasteiger partial charge in [-0.15, -0.1) is 0 Å². The number of aromatic nitrogens is 1. The van der Waals surface area contributed by atoms with Crippen molar-refractivity contribution < 1.29 is 19.0 Å². The fraction of sp³-hybridized carbons (Fsp3) is 0.375. The fourth-order valence-electron chi connectivity index (χ4n) is 4.34. The Kier molecular flexibility index (Phi) is 6.77. The Morgan fingerprint density at radius 1 is 1.09 bits per heavy atom. The van der Waals surface area contributed by atoms with E-state index in [1.54, 1.807) is 26.4 Å². The number of hydrogen-bond donors (Lipinski definition) is 2. The first-order valence-electron chi connectivity index (χ1n) is 10.6. The maximum absolute atomic E-state index is 12.7. The lowest BCUT2D eigenvalue weighted by Crippen LogP contribution is -2.38. The summed E-state index contributed by atoms with van der Waals surface area (Å²) in [4.78, 5) is 18.2. The zero-order chi connectivity index (χ0) is 22.7. The Hall–Kier alpha value is -2.90. The van der Waals surface area contributed by atoms with Crippen molar-refractivity contribution in [2.45, 2.75) is 18.8 Å². The van der Waals surface area contributed by atoms with Gasteiger partial charge in [-0.3, -0.25) is 9.69 Å². The summed E-state index contributed by atoms with van der Waals surface area (Å²) in [5.74, 6) is 2.21. The average Bonchev–Trinajstić information content (AvgIpc) is 3.23. The van der Waals surface area contributed by atoms with Crippen molar-refractivity contribution in [2.75, 3.05) is 46.3 Å². The molecule has 7 nitrogen and oxygen atoms in total. The number of benzene rings is 2. The molecule has 0 atom stereocenters. The van der Waals surface area contributed by atoms with Crippen LogP contribution in [0.3, 0.4) is 0 Å². The number of anilines is 1. The maximum atomic E-state index is 12.7. The molecule has 1 fully saturated rings. The number of methoxy groups -OCH3 is 3. The minimum atomic E-state index is -0.0945. The van der Waals surface area contributed by atoms with Gasteiger partial charge < -0.3 is 24.5 Å². The quantitative estimate of drug-likeness (QED) is 0.539. The summed E-state index contributed by atoms with van der Waals surface area (Å²) in [5, 5.41) is 4.57. The van der Waals surface area contributed by atoms with Gasteiger partial charge in [-0.05, 0) is 55.6 Å². The molecule has 0 saturated carbocycles. The van der Waals surface area contributed by atoms with Crippen LogP contribution in [0.4, 0.5) is 5.69 Å². The molecule has 0 radical (unpaired) electrons. The third-order valence-electron chi connectivity index (χ3n) is 6.06.